The molecule has 6 nitrogen and oxygen atoms in total. The van der Waals surface area contributed by atoms with Crippen molar-refractivity contribution in [2.75, 3.05) is 36.4 Å². The van der Waals surface area contributed by atoms with Crippen molar-refractivity contribution in [1.29, 1.82) is 0 Å². The van der Waals surface area contributed by atoms with Gasteiger partial charge < -0.3 is 15.1 Å². The highest BCUT2D eigenvalue weighted by atomic mass is 35.5. The number of halogens is 3. The van der Waals surface area contributed by atoms with Gasteiger partial charge in [0.1, 0.15) is 17.3 Å². The number of urea groups is 1. The molecule has 2 heterocycles. The van der Waals surface area contributed by atoms with Gasteiger partial charge in [0.15, 0.2) is 5.82 Å². The number of piperazine rings is 1. The molecule has 1 aliphatic heterocycles. The molecule has 0 aliphatic carbocycles. The molecule has 1 saturated heterocycles. The van der Waals surface area contributed by atoms with Gasteiger partial charge in [0.25, 0.3) is 0 Å². The van der Waals surface area contributed by atoms with Gasteiger partial charge in [0.2, 0.25) is 0 Å². The molecule has 0 spiro atoms. The van der Waals surface area contributed by atoms with E-state index in [1.165, 1.54) is 30.3 Å². The Kier molecular flexibility index (Phi) is 5.98. The van der Waals surface area contributed by atoms with Crippen LogP contribution in [0.1, 0.15) is 0 Å². The van der Waals surface area contributed by atoms with Crippen LogP contribution in [0.25, 0.3) is 22.0 Å². The summed E-state index contributed by atoms with van der Waals surface area (Å²) in [5, 5.41) is 13.5. The fourth-order valence-electron chi connectivity index (χ4n) is 4.04. The zero-order valence-electron chi connectivity index (χ0n) is 18.0. The van der Waals surface area contributed by atoms with Gasteiger partial charge in [0.05, 0.1) is 5.02 Å². The number of benzene rings is 3. The van der Waals surface area contributed by atoms with Crippen molar-refractivity contribution in [2.45, 2.75) is 0 Å². The number of aromatic nitrogens is 2. The Labute approximate surface area is 199 Å². The molecule has 1 aromatic heterocycles. The summed E-state index contributed by atoms with van der Waals surface area (Å²) in [6.07, 6.45) is 0. The lowest BCUT2D eigenvalue weighted by molar-refractivity contribution is 0.208. The second kappa shape index (κ2) is 9.23. The molecular formula is C25H20ClF2N5O. The second-order valence-electron chi connectivity index (χ2n) is 7.96. The topological polar surface area (TPSA) is 61.4 Å². The Bertz CT molecular complexity index is 1360. The van der Waals surface area contributed by atoms with Crippen LogP contribution in [-0.4, -0.2) is 47.3 Å². The van der Waals surface area contributed by atoms with Crippen LogP contribution in [0.4, 0.5) is 25.1 Å². The van der Waals surface area contributed by atoms with Gasteiger partial charge in [-0.2, -0.15) is 0 Å². The Hall–Kier alpha value is -3.78. The second-order valence-corrected chi connectivity index (χ2v) is 8.37. The molecule has 2 amide bonds. The van der Waals surface area contributed by atoms with E-state index in [0.29, 0.717) is 37.6 Å². The Balaban J connectivity index is 1.33. The first-order valence-electron chi connectivity index (χ1n) is 10.8. The number of hydrogen-bond acceptors (Lipinski definition) is 4. The minimum absolute atomic E-state index is 0.0443. The average molecular weight is 480 g/mol. The van der Waals surface area contributed by atoms with Crippen molar-refractivity contribution in [3.8, 4) is 11.3 Å². The summed E-state index contributed by atoms with van der Waals surface area (Å²) in [4.78, 5) is 16.4. The molecule has 0 unspecified atom stereocenters. The summed E-state index contributed by atoms with van der Waals surface area (Å²) in [7, 11) is 0. The van der Waals surface area contributed by atoms with Crippen LogP contribution in [0.15, 0.2) is 66.7 Å². The summed E-state index contributed by atoms with van der Waals surface area (Å²) in [5.41, 5.74) is 1.92. The Morgan fingerprint density at radius 2 is 1.59 bits per heavy atom. The fourth-order valence-corrected chi connectivity index (χ4v) is 4.22. The predicted octanol–water partition coefficient (Wildman–Crippen LogP) is 5.58. The quantitative estimate of drug-likeness (QED) is 0.416. The molecule has 4 aromatic rings. The molecule has 1 fully saturated rings. The summed E-state index contributed by atoms with van der Waals surface area (Å²) >= 11 is 5.80. The standard InChI is InChI=1S/C25H20ClF2N5O/c26-21-15-18(9-10-22(21)28)29-25(34)33-13-11-32(12-14-33)24-20-4-2-1-3-19(20)23(30-31-24)16-5-7-17(27)8-6-16/h1-10,15H,11-14H2,(H,29,34). The molecule has 34 heavy (non-hydrogen) atoms. The third-order valence-electron chi connectivity index (χ3n) is 5.82. The van der Waals surface area contributed by atoms with Crippen LogP contribution in [0, 0.1) is 11.6 Å². The van der Waals surface area contributed by atoms with Crippen LogP contribution in [0.3, 0.4) is 0 Å². The number of amides is 2. The highest BCUT2D eigenvalue weighted by Gasteiger charge is 2.24. The molecule has 1 aliphatic rings. The van der Waals surface area contributed by atoms with Gasteiger partial charge in [-0.25, -0.2) is 13.6 Å². The molecule has 0 atom stereocenters. The molecule has 9 heteroatoms. The highest BCUT2D eigenvalue weighted by molar-refractivity contribution is 6.31. The molecule has 172 valence electrons. The van der Waals surface area contributed by atoms with Gasteiger partial charge in [0, 0.05) is 48.2 Å². The van der Waals surface area contributed by atoms with E-state index in [4.69, 9.17) is 11.6 Å². The highest BCUT2D eigenvalue weighted by Crippen LogP contribution is 2.32. The summed E-state index contributed by atoms with van der Waals surface area (Å²) in [5.74, 6) is -0.0963. The third kappa shape index (κ3) is 4.36. The largest absolute Gasteiger partial charge is 0.351 e. The maximum absolute atomic E-state index is 13.4. The fraction of sp³-hybridized carbons (Fsp3) is 0.160. The molecule has 1 N–H and O–H groups in total. The van der Waals surface area contributed by atoms with Crippen LogP contribution in [0.5, 0.6) is 0 Å². The molecule has 0 radical (unpaired) electrons. The van der Waals surface area contributed by atoms with Crippen molar-refractivity contribution in [3.63, 3.8) is 0 Å². The van der Waals surface area contributed by atoms with Crippen molar-refractivity contribution >= 4 is 39.9 Å². The monoisotopic (exact) mass is 479 g/mol. The first kappa shape index (κ1) is 22.0. The van der Waals surface area contributed by atoms with Crippen LogP contribution >= 0.6 is 11.6 Å². The van der Waals surface area contributed by atoms with Gasteiger partial charge in [-0.15, -0.1) is 10.2 Å². The van der Waals surface area contributed by atoms with Crippen molar-refractivity contribution < 1.29 is 13.6 Å². The molecular weight excluding hydrogens is 460 g/mol. The van der Waals surface area contributed by atoms with Crippen molar-refractivity contribution in [2.24, 2.45) is 0 Å². The van der Waals surface area contributed by atoms with E-state index < -0.39 is 5.82 Å². The maximum atomic E-state index is 13.4. The Morgan fingerprint density at radius 3 is 2.29 bits per heavy atom. The lowest BCUT2D eigenvalue weighted by atomic mass is 10.0. The normalized spacial score (nSPS) is 13.9. The van der Waals surface area contributed by atoms with E-state index in [1.807, 2.05) is 24.3 Å². The maximum Gasteiger partial charge on any atom is 0.321 e. The van der Waals surface area contributed by atoms with Crippen LogP contribution < -0.4 is 10.2 Å². The van der Waals surface area contributed by atoms with E-state index in [9.17, 15) is 13.6 Å². The zero-order chi connectivity index (χ0) is 23.7. The average Bonchev–Trinajstić information content (AvgIpc) is 2.86. The van der Waals surface area contributed by atoms with Gasteiger partial charge in [-0.05, 0) is 42.5 Å². The number of carbonyl (C=O) groups excluding carboxylic acids is 1. The number of rotatable bonds is 3. The van der Waals surface area contributed by atoms with Crippen molar-refractivity contribution in [1.82, 2.24) is 15.1 Å². The van der Waals surface area contributed by atoms with E-state index in [2.05, 4.69) is 20.4 Å². The first-order valence-corrected chi connectivity index (χ1v) is 11.1. The molecule has 0 saturated carbocycles. The Morgan fingerprint density at radius 1 is 0.882 bits per heavy atom. The molecule has 3 aromatic carbocycles. The molecule has 5 rings (SSSR count). The number of nitrogens with one attached hydrogen (secondary N) is 1. The first-order chi connectivity index (χ1) is 16.5. The lowest BCUT2D eigenvalue weighted by Crippen LogP contribution is -2.50. The minimum atomic E-state index is -0.535. The number of anilines is 2. The van der Waals surface area contributed by atoms with Gasteiger partial charge in [-0.3, -0.25) is 0 Å². The number of hydrogen-bond donors (Lipinski definition) is 1. The van der Waals surface area contributed by atoms with Crippen molar-refractivity contribution in [3.05, 3.63) is 83.4 Å². The smallest absolute Gasteiger partial charge is 0.321 e. The lowest BCUT2D eigenvalue weighted by Gasteiger charge is -2.35. The van der Waals surface area contributed by atoms with E-state index in [1.54, 1.807) is 17.0 Å². The zero-order valence-corrected chi connectivity index (χ0v) is 18.8. The summed E-state index contributed by atoms with van der Waals surface area (Å²) in [6.45, 7) is 2.12. The van der Waals surface area contributed by atoms with E-state index in [-0.39, 0.29) is 16.9 Å². The number of carbonyl (C=O) groups is 1. The minimum Gasteiger partial charge on any atom is -0.351 e. The van der Waals surface area contributed by atoms with Crippen LogP contribution in [-0.2, 0) is 0 Å². The number of fused-ring (bicyclic) bond motifs is 1. The van der Waals surface area contributed by atoms with Crippen LogP contribution in [0.2, 0.25) is 5.02 Å². The molecule has 0 bridgehead atoms. The SMILES string of the molecule is O=C(Nc1ccc(F)c(Cl)c1)N1CCN(c2nnc(-c3ccc(F)cc3)c3ccccc23)CC1. The van der Waals surface area contributed by atoms with E-state index in [0.717, 1.165) is 22.2 Å². The predicted molar refractivity (Wildman–Crippen MR) is 129 cm³/mol. The third-order valence-corrected chi connectivity index (χ3v) is 6.11. The van der Waals surface area contributed by atoms with E-state index >= 15 is 0 Å². The van der Waals surface area contributed by atoms with Gasteiger partial charge >= 0.3 is 6.03 Å². The summed E-state index contributed by atoms with van der Waals surface area (Å²) in [6, 6.07) is 17.8. The van der Waals surface area contributed by atoms with Gasteiger partial charge in [-0.1, -0.05) is 35.9 Å². The summed E-state index contributed by atoms with van der Waals surface area (Å²) < 4.78 is 26.7. The number of nitrogens with zero attached hydrogens (tertiary/aromatic N) is 4.